The van der Waals surface area contributed by atoms with Gasteiger partial charge in [-0.2, -0.15) is 0 Å². The van der Waals surface area contributed by atoms with Gasteiger partial charge in [-0.05, 0) is 24.3 Å². The number of furan rings is 1. The molecule has 0 amide bonds. The van der Waals surface area contributed by atoms with Crippen LogP contribution in [-0.4, -0.2) is 9.55 Å². The monoisotopic (exact) mass is 222 g/mol. The van der Waals surface area contributed by atoms with Gasteiger partial charge >= 0.3 is 0 Å². The van der Waals surface area contributed by atoms with Crippen molar-refractivity contribution in [2.75, 3.05) is 0 Å². The highest BCUT2D eigenvalue weighted by Gasteiger charge is 2.11. The van der Waals surface area contributed by atoms with Gasteiger partial charge in [0.05, 0.1) is 17.3 Å². The maximum Gasteiger partial charge on any atom is 0.135 e. The molecular weight excluding hydrogens is 212 g/mol. The van der Waals surface area contributed by atoms with Crippen molar-refractivity contribution >= 4 is 32.8 Å². The number of hydrogen-bond donors (Lipinski definition) is 0. The summed E-state index contributed by atoms with van der Waals surface area (Å²) in [4.78, 5) is 4.21. The fourth-order valence-corrected chi connectivity index (χ4v) is 2.61. The Hall–Kier alpha value is -2.29. The number of aryl methyl sites for hydroxylation is 1. The maximum absolute atomic E-state index is 5.45. The Balaban J connectivity index is 2.43. The molecule has 3 nitrogen and oxygen atoms in total. The van der Waals surface area contributed by atoms with E-state index in [1.807, 2.05) is 30.6 Å². The third kappa shape index (κ3) is 0.984. The molecule has 82 valence electrons. The number of fused-ring (bicyclic) bond motifs is 5. The fourth-order valence-electron chi connectivity index (χ4n) is 2.61. The highest BCUT2D eigenvalue weighted by atomic mass is 16.3. The second-order valence-electron chi connectivity index (χ2n) is 4.25. The van der Waals surface area contributed by atoms with Crippen molar-refractivity contribution < 1.29 is 4.42 Å². The van der Waals surface area contributed by atoms with Crippen LogP contribution in [0.2, 0.25) is 0 Å². The summed E-state index contributed by atoms with van der Waals surface area (Å²) in [6, 6.07) is 8.18. The lowest BCUT2D eigenvalue weighted by atomic mass is 10.1. The molecule has 0 N–H and O–H groups in total. The van der Waals surface area contributed by atoms with Gasteiger partial charge in [-0.1, -0.05) is 0 Å². The standard InChI is InChI=1S/C14H10N2O/c1-16-12-4-6-15-8-11(12)9-2-3-13-10(14(9)16)5-7-17-13/h2-8H,1H3. The minimum absolute atomic E-state index is 0.927. The molecule has 17 heavy (non-hydrogen) atoms. The van der Waals surface area contributed by atoms with Crippen molar-refractivity contribution in [3.8, 4) is 0 Å². The summed E-state index contributed by atoms with van der Waals surface area (Å²) in [7, 11) is 2.08. The first-order valence-electron chi connectivity index (χ1n) is 5.54. The number of nitrogens with zero attached hydrogens (tertiary/aromatic N) is 2. The largest absolute Gasteiger partial charge is 0.464 e. The summed E-state index contributed by atoms with van der Waals surface area (Å²) in [6.45, 7) is 0. The zero-order valence-electron chi connectivity index (χ0n) is 9.34. The molecule has 0 aliphatic rings. The summed E-state index contributed by atoms with van der Waals surface area (Å²) in [5, 5.41) is 3.57. The van der Waals surface area contributed by atoms with Crippen LogP contribution < -0.4 is 0 Å². The van der Waals surface area contributed by atoms with E-state index < -0.39 is 0 Å². The van der Waals surface area contributed by atoms with Gasteiger partial charge < -0.3 is 8.98 Å². The Labute approximate surface area is 97.3 Å². The highest BCUT2D eigenvalue weighted by Crippen LogP contribution is 2.33. The fraction of sp³-hybridized carbons (Fsp3) is 0.0714. The Bertz CT molecular complexity index is 854. The molecule has 1 aromatic carbocycles. The molecule has 0 radical (unpaired) electrons. The van der Waals surface area contributed by atoms with Crippen LogP contribution in [0.15, 0.2) is 47.3 Å². The van der Waals surface area contributed by atoms with Crippen LogP contribution in [0, 0.1) is 0 Å². The molecule has 0 bridgehead atoms. The van der Waals surface area contributed by atoms with Gasteiger partial charge in [-0.3, -0.25) is 4.98 Å². The van der Waals surface area contributed by atoms with Crippen LogP contribution >= 0.6 is 0 Å². The molecule has 0 atom stereocenters. The van der Waals surface area contributed by atoms with Gasteiger partial charge in [0.2, 0.25) is 0 Å². The molecule has 4 rings (SSSR count). The Kier molecular flexibility index (Phi) is 1.50. The summed E-state index contributed by atoms with van der Waals surface area (Å²) in [5.74, 6) is 0. The first-order valence-corrected chi connectivity index (χ1v) is 5.54. The van der Waals surface area contributed by atoms with E-state index in [0.29, 0.717) is 0 Å². The van der Waals surface area contributed by atoms with Gasteiger partial charge in [0.25, 0.3) is 0 Å². The molecule has 0 saturated carbocycles. The van der Waals surface area contributed by atoms with Gasteiger partial charge in [-0.15, -0.1) is 0 Å². The number of pyridine rings is 1. The maximum atomic E-state index is 5.45. The Morgan fingerprint density at radius 3 is 2.94 bits per heavy atom. The van der Waals surface area contributed by atoms with Gasteiger partial charge in [0.1, 0.15) is 5.58 Å². The third-order valence-electron chi connectivity index (χ3n) is 3.39. The topological polar surface area (TPSA) is 31.0 Å². The lowest BCUT2D eigenvalue weighted by molar-refractivity contribution is 0.616. The van der Waals surface area contributed by atoms with Crippen molar-refractivity contribution in [3.05, 3.63) is 42.9 Å². The second-order valence-corrected chi connectivity index (χ2v) is 4.25. The smallest absolute Gasteiger partial charge is 0.135 e. The lowest BCUT2D eigenvalue weighted by Gasteiger charge is -1.98. The first-order chi connectivity index (χ1) is 8.36. The zero-order valence-corrected chi connectivity index (χ0v) is 9.34. The summed E-state index contributed by atoms with van der Waals surface area (Å²) in [5.41, 5.74) is 3.33. The normalized spacial score (nSPS) is 11.8. The zero-order chi connectivity index (χ0) is 11.4. The van der Waals surface area contributed by atoms with Crippen molar-refractivity contribution in [2.45, 2.75) is 0 Å². The number of benzene rings is 1. The number of rotatable bonds is 0. The van der Waals surface area contributed by atoms with E-state index in [0.717, 1.165) is 11.0 Å². The molecule has 0 aliphatic carbocycles. The minimum atomic E-state index is 0.927. The average molecular weight is 222 g/mol. The van der Waals surface area contributed by atoms with Crippen LogP contribution in [0.5, 0.6) is 0 Å². The molecule has 0 spiro atoms. The van der Waals surface area contributed by atoms with Gasteiger partial charge in [0.15, 0.2) is 0 Å². The number of hydrogen-bond acceptors (Lipinski definition) is 2. The minimum Gasteiger partial charge on any atom is -0.464 e. The summed E-state index contributed by atoms with van der Waals surface area (Å²) >= 11 is 0. The quantitative estimate of drug-likeness (QED) is 0.456. The van der Waals surface area contributed by atoms with E-state index in [-0.39, 0.29) is 0 Å². The molecule has 4 aromatic rings. The van der Waals surface area contributed by atoms with Crippen molar-refractivity contribution in [1.29, 1.82) is 0 Å². The Morgan fingerprint density at radius 2 is 2.00 bits per heavy atom. The van der Waals surface area contributed by atoms with Crippen LogP contribution in [0.4, 0.5) is 0 Å². The average Bonchev–Trinajstić information content (AvgIpc) is 2.93. The molecule has 3 heteroatoms. The molecule has 0 aliphatic heterocycles. The molecule has 3 heterocycles. The second kappa shape index (κ2) is 2.88. The molecule has 0 fully saturated rings. The van der Waals surface area contributed by atoms with E-state index in [9.17, 15) is 0 Å². The predicted octanol–water partition coefficient (Wildman–Crippen LogP) is 3.47. The van der Waals surface area contributed by atoms with Crippen molar-refractivity contribution in [1.82, 2.24) is 9.55 Å². The van der Waals surface area contributed by atoms with Crippen molar-refractivity contribution in [2.24, 2.45) is 7.05 Å². The lowest BCUT2D eigenvalue weighted by Crippen LogP contribution is -1.86. The molecular formula is C14H10N2O. The SMILES string of the molecule is Cn1c2ccncc2c2ccc3occc3c21. The van der Waals surface area contributed by atoms with E-state index in [4.69, 9.17) is 4.42 Å². The Morgan fingerprint density at radius 1 is 1.06 bits per heavy atom. The van der Waals surface area contributed by atoms with Gasteiger partial charge in [0, 0.05) is 35.6 Å². The van der Waals surface area contributed by atoms with E-state index in [1.165, 1.54) is 21.8 Å². The van der Waals surface area contributed by atoms with E-state index in [1.54, 1.807) is 6.26 Å². The van der Waals surface area contributed by atoms with E-state index in [2.05, 4.69) is 22.7 Å². The first kappa shape index (κ1) is 8.82. The highest BCUT2D eigenvalue weighted by molar-refractivity contribution is 6.16. The molecule has 0 saturated heterocycles. The van der Waals surface area contributed by atoms with Gasteiger partial charge in [-0.25, -0.2) is 0 Å². The number of aromatic nitrogens is 2. The molecule has 3 aromatic heterocycles. The van der Waals surface area contributed by atoms with Crippen LogP contribution in [0.1, 0.15) is 0 Å². The molecule has 0 unspecified atom stereocenters. The summed E-state index contributed by atoms with van der Waals surface area (Å²) < 4.78 is 7.65. The van der Waals surface area contributed by atoms with Crippen LogP contribution in [0.25, 0.3) is 32.8 Å². The predicted molar refractivity (Wildman–Crippen MR) is 68.0 cm³/mol. The van der Waals surface area contributed by atoms with Crippen molar-refractivity contribution in [3.63, 3.8) is 0 Å². The van der Waals surface area contributed by atoms with E-state index >= 15 is 0 Å². The van der Waals surface area contributed by atoms with Crippen LogP contribution in [-0.2, 0) is 7.05 Å². The van der Waals surface area contributed by atoms with Crippen LogP contribution in [0.3, 0.4) is 0 Å². The summed E-state index contributed by atoms with van der Waals surface area (Å²) in [6.07, 6.45) is 5.48. The third-order valence-corrected chi connectivity index (χ3v) is 3.39.